The third-order valence-electron chi connectivity index (χ3n) is 3.01. The van der Waals surface area contributed by atoms with Gasteiger partial charge in [0.15, 0.2) is 5.82 Å². The number of fused-ring (bicyclic) bond motifs is 1. The quantitative estimate of drug-likeness (QED) is 0.830. The molecule has 2 aromatic rings. The lowest BCUT2D eigenvalue weighted by Crippen LogP contribution is -2.15. The van der Waals surface area contributed by atoms with E-state index in [1.54, 1.807) is 7.11 Å². The first kappa shape index (κ1) is 11.2. The lowest BCUT2D eigenvalue weighted by molar-refractivity contribution is 0.174. The molecule has 0 saturated carbocycles. The molecule has 1 aliphatic rings. The minimum atomic E-state index is 0.119. The number of benzene rings is 1. The molecular weight excluding hydrogens is 232 g/mol. The summed E-state index contributed by atoms with van der Waals surface area (Å²) < 4.78 is 15.9. The van der Waals surface area contributed by atoms with Crippen LogP contribution in [0.1, 0.15) is 29.6 Å². The van der Waals surface area contributed by atoms with E-state index in [-0.39, 0.29) is 5.92 Å². The van der Waals surface area contributed by atoms with Crippen molar-refractivity contribution in [2.45, 2.75) is 18.9 Å². The van der Waals surface area contributed by atoms with Crippen molar-refractivity contribution in [3.8, 4) is 5.75 Å². The fourth-order valence-corrected chi connectivity index (χ4v) is 2.20. The monoisotopic (exact) mass is 246 g/mol. The van der Waals surface area contributed by atoms with Crippen molar-refractivity contribution in [3.63, 3.8) is 0 Å². The van der Waals surface area contributed by atoms with Crippen LogP contribution in [0.4, 0.5) is 0 Å². The molecule has 0 amide bonds. The van der Waals surface area contributed by atoms with Crippen molar-refractivity contribution in [2.24, 2.45) is 0 Å². The minimum Gasteiger partial charge on any atom is -0.493 e. The Hall–Kier alpha value is -1.88. The number of methoxy groups -OCH3 is 1. The van der Waals surface area contributed by atoms with E-state index in [2.05, 4.69) is 10.1 Å². The number of hydrogen-bond acceptors (Lipinski definition) is 5. The smallest absolute Gasteiger partial charge is 0.234 e. The van der Waals surface area contributed by atoms with Crippen LogP contribution in [0.15, 0.2) is 28.8 Å². The van der Waals surface area contributed by atoms with Crippen molar-refractivity contribution in [2.75, 3.05) is 13.7 Å². The fraction of sp³-hybridized carbons (Fsp3) is 0.385. The summed E-state index contributed by atoms with van der Waals surface area (Å²) >= 11 is 0. The predicted molar refractivity (Wildman–Crippen MR) is 63.4 cm³/mol. The molecule has 0 aliphatic carbocycles. The molecule has 3 rings (SSSR count). The highest BCUT2D eigenvalue weighted by Gasteiger charge is 2.27. The topological polar surface area (TPSA) is 57.4 Å². The summed E-state index contributed by atoms with van der Waals surface area (Å²) in [6.45, 7) is 1.04. The molecule has 1 atom stereocenters. The van der Waals surface area contributed by atoms with Gasteiger partial charge in [-0.05, 0) is 12.5 Å². The van der Waals surface area contributed by atoms with Gasteiger partial charge in [0, 0.05) is 12.7 Å². The van der Waals surface area contributed by atoms with Gasteiger partial charge >= 0.3 is 0 Å². The first-order valence-corrected chi connectivity index (χ1v) is 5.91. The molecule has 1 aromatic carbocycles. The Morgan fingerprint density at radius 1 is 1.39 bits per heavy atom. The first-order valence-electron chi connectivity index (χ1n) is 5.91. The molecule has 0 N–H and O–H groups in total. The van der Waals surface area contributed by atoms with E-state index in [1.807, 2.05) is 24.3 Å². The molecule has 2 heterocycles. The summed E-state index contributed by atoms with van der Waals surface area (Å²) in [5.41, 5.74) is 1.11. The zero-order valence-electron chi connectivity index (χ0n) is 10.1. The Balaban J connectivity index is 1.92. The zero-order chi connectivity index (χ0) is 12.4. The largest absolute Gasteiger partial charge is 0.493 e. The van der Waals surface area contributed by atoms with E-state index in [0.29, 0.717) is 24.9 Å². The Morgan fingerprint density at radius 2 is 2.28 bits per heavy atom. The average molecular weight is 246 g/mol. The molecule has 0 saturated heterocycles. The molecule has 1 unspecified atom stereocenters. The molecule has 1 aromatic heterocycles. The molecule has 1 aliphatic heterocycles. The van der Waals surface area contributed by atoms with Gasteiger partial charge in [-0.3, -0.25) is 0 Å². The molecule has 0 spiro atoms. The van der Waals surface area contributed by atoms with Gasteiger partial charge in [0.1, 0.15) is 12.4 Å². The van der Waals surface area contributed by atoms with Crippen LogP contribution >= 0.6 is 0 Å². The second-order valence-electron chi connectivity index (χ2n) is 4.21. The van der Waals surface area contributed by atoms with Gasteiger partial charge in [-0.1, -0.05) is 23.4 Å². The number of nitrogens with zero attached hydrogens (tertiary/aromatic N) is 2. The third-order valence-corrected chi connectivity index (χ3v) is 3.01. The van der Waals surface area contributed by atoms with E-state index in [4.69, 9.17) is 14.0 Å². The van der Waals surface area contributed by atoms with Crippen LogP contribution in [0.2, 0.25) is 0 Å². The normalized spacial score (nSPS) is 18.2. The zero-order valence-corrected chi connectivity index (χ0v) is 10.1. The maximum absolute atomic E-state index is 5.61. The van der Waals surface area contributed by atoms with Gasteiger partial charge in [-0.15, -0.1) is 0 Å². The van der Waals surface area contributed by atoms with Crippen molar-refractivity contribution in [3.05, 3.63) is 41.5 Å². The van der Waals surface area contributed by atoms with E-state index in [9.17, 15) is 0 Å². The molecular formula is C13H14N2O3. The number of rotatable bonds is 3. The summed E-state index contributed by atoms with van der Waals surface area (Å²) in [6.07, 6.45) is 0.853. The van der Waals surface area contributed by atoms with Gasteiger partial charge in [-0.2, -0.15) is 4.98 Å². The summed E-state index contributed by atoms with van der Waals surface area (Å²) in [6, 6.07) is 7.96. The van der Waals surface area contributed by atoms with Gasteiger partial charge in [0.25, 0.3) is 0 Å². The maximum atomic E-state index is 5.61. The summed E-state index contributed by atoms with van der Waals surface area (Å²) in [7, 11) is 1.61. The molecule has 5 nitrogen and oxygen atoms in total. The van der Waals surface area contributed by atoms with E-state index < -0.39 is 0 Å². The lowest BCUT2D eigenvalue weighted by Gasteiger charge is -2.22. The molecule has 0 radical (unpaired) electrons. The van der Waals surface area contributed by atoms with E-state index in [0.717, 1.165) is 17.7 Å². The van der Waals surface area contributed by atoms with E-state index >= 15 is 0 Å². The lowest BCUT2D eigenvalue weighted by atomic mass is 9.93. The van der Waals surface area contributed by atoms with Crippen LogP contribution in [0.3, 0.4) is 0 Å². The van der Waals surface area contributed by atoms with Crippen molar-refractivity contribution in [1.29, 1.82) is 0 Å². The highest BCUT2D eigenvalue weighted by Crippen LogP contribution is 2.36. The van der Waals surface area contributed by atoms with Crippen LogP contribution in [0, 0.1) is 0 Å². The van der Waals surface area contributed by atoms with Crippen LogP contribution < -0.4 is 4.74 Å². The van der Waals surface area contributed by atoms with Crippen molar-refractivity contribution < 1.29 is 14.0 Å². The maximum Gasteiger partial charge on any atom is 0.234 e. The van der Waals surface area contributed by atoms with Crippen molar-refractivity contribution >= 4 is 0 Å². The highest BCUT2D eigenvalue weighted by atomic mass is 16.5. The number of para-hydroxylation sites is 1. The Bertz CT molecular complexity index is 539. The van der Waals surface area contributed by atoms with Gasteiger partial charge in [0.2, 0.25) is 5.89 Å². The Labute approximate surface area is 105 Å². The molecule has 5 heteroatoms. The van der Waals surface area contributed by atoms with Crippen LogP contribution in [0.25, 0.3) is 0 Å². The summed E-state index contributed by atoms with van der Waals surface area (Å²) in [4.78, 5) is 4.36. The van der Waals surface area contributed by atoms with Gasteiger partial charge in [0.05, 0.1) is 12.5 Å². The summed E-state index contributed by atoms with van der Waals surface area (Å²) in [5.74, 6) is 2.24. The molecule has 0 fully saturated rings. The number of ether oxygens (including phenoxy) is 2. The Kier molecular flexibility index (Phi) is 2.98. The fourth-order valence-electron chi connectivity index (χ4n) is 2.20. The summed E-state index contributed by atoms with van der Waals surface area (Å²) in [5, 5.41) is 3.90. The van der Waals surface area contributed by atoms with E-state index in [1.165, 1.54) is 0 Å². The van der Waals surface area contributed by atoms with Gasteiger partial charge in [-0.25, -0.2) is 0 Å². The molecule has 94 valence electrons. The van der Waals surface area contributed by atoms with Gasteiger partial charge < -0.3 is 14.0 Å². The number of hydrogen-bond donors (Lipinski definition) is 0. The Morgan fingerprint density at radius 3 is 3.17 bits per heavy atom. The third kappa shape index (κ3) is 1.97. The highest BCUT2D eigenvalue weighted by molar-refractivity contribution is 5.40. The van der Waals surface area contributed by atoms with Crippen molar-refractivity contribution in [1.82, 2.24) is 10.1 Å². The second-order valence-corrected chi connectivity index (χ2v) is 4.21. The second kappa shape index (κ2) is 4.78. The minimum absolute atomic E-state index is 0.119. The van der Waals surface area contributed by atoms with Crippen LogP contribution in [0.5, 0.6) is 5.75 Å². The molecule has 18 heavy (non-hydrogen) atoms. The number of aromatic nitrogens is 2. The average Bonchev–Trinajstić information content (AvgIpc) is 2.87. The predicted octanol–water partition coefficient (Wildman–Crippen LogP) is 2.13. The SMILES string of the molecule is COCc1noc(C2CCOc3ccccc32)n1. The first-order chi connectivity index (χ1) is 8.88. The van der Waals surface area contributed by atoms with Crippen LogP contribution in [-0.4, -0.2) is 23.9 Å². The molecule has 0 bridgehead atoms. The standard InChI is InChI=1S/C13H14N2O3/c1-16-8-12-14-13(18-15-12)10-6-7-17-11-5-3-2-4-9(10)11/h2-5,10H,6-8H2,1H3. The van der Waals surface area contributed by atoms with Crippen LogP contribution in [-0.2, 0) is 11.3 Å².